The molecule has 1 saturated heterocycles. The molecule has 1 saturated carbocycles. The highest BCUT2D eigenvalue weighted by molar-refractivity contribution is 5.75. The first kappa shape index (κ1) is 15.8. The van der Waals surface area contributed by atoms with Gasteiger partial charge in [-0.2, -0.15) is 0 Å². The fourth-order valence-electron chi connectivity index (χ4n) is 4.29. The number of rotatable bonds is 2. The molecule has 4 rings (SSSR count). The van der Waals surface area contributed by atoms with E-state index in [0.29, 0.717) is 0 Å². The first-order valence-corrected chi connectivity index (χ1v) is 9.17. The molecule has 2 heterocycles. The summed E-state index contributed by atoms with van der Waals surface area (Å²) in [6.45, 7) is 2.05. The quantitative estimate of drug-likeness (QED) is 0.877. The fraction of sp³-hybridized carbons (Fsp3) is 0.632. The molecule has 5 heteroatoms. The molecule has 0 bridgehead atoms. The molecular formula is C19H27N3O2. The number of nitrogens with zero attached hydrogens (tertiary/aromatic N) is 1. The van der Waals surface area contributed by atoms with Crippen molar-refractivity contribution in [2.45, 2.75) is 56.2 Å². The number of piperidine rings is 1. The van der Waals surface area contributed by atoms with Crippen molar-refractivity contribution >= 4 is 6.03 Å². The molecular weight excluding hydrogens is 302 g/mol. The second-order valence-corrected chi connectivity index (χ2v) is 7.65. The average molecular weight is 329 g/mol. The van der Waals surface area contributed by atoms with Crippen LogP contribution in [-0.4, -0.2) is 42.7 Å². The molecule has 2 N–H and O–H groups in total. The van der Waals surface area contributed by atoms with Gasteiger partial charge in [0.05, 0.1) is 6.04 Å². The maximum atomic E-state index is 12.5. The van der Waals surface area contributed by atoms with Crippen molar-refractivity contribution in [3.63, 3.8) is 0 Å². The highest BCUT2D eigenvalue weighted by atomic mass is 16.5. The van der Waals surface area contributed by atoms with Crippen LogP contribution >= 0.6 is 0 Å². The molecule has 2 fully saturated rings. The number of fused-ring (bicyclic) bond motifs is 1. The van der Waals surface area contributed by atoms with Crippen LogP contribution in [0.3, 0.4) is 0 Å². The highest BCUT2D eigenvalue weighted by Crippen LogP contribution is 2.48. The van der Waals surface area contributed by atoms with Crippen LogP contribution < -0.4 is 15.4 Å². The Kier molecular flexibility index (Phi) is 4.12. The predicted molar refractivity (Wildman–Crippen MR) is 93.2 cm³/mol. The van der Waals surface area contributed by atoms with Crippen LogP contribution in [-0.2, 0) is 0 Å². The minimum absolute atomic E-state index is 0.0385. The Balaban J connectivity index is 1.44. The summed E-state index contributed by atoms with van der Waals surface area (Å²) in [4.78, 5) is 14.8. The lowest BCUT2D eigenvalue weighted by molar-refractivity contribution is -0.0356. The van der Waals surface area contributed by atoms with Crippen LogP contribution in [0.25, 0.3) is 0 Å². The Bertz CT molecular complexity index is 614. The Morgan fingerprint density at radius 1 is 1.25 bits per heavy atom. The molecule has 1 aromatic carbocycles. The van der Waals surface area contributed by atoms with Gasteiger partial charge < -0.3 is 20.3 Å². The Morgan fingerprint density at radius 2 is 2.08 bits per heavy atom. The van der Waals surface area contributed by atoms with E-state index in [1.807, 2.05) is 18.2 Å². The van der Waals surface area contributed by atoms with Gasteiger partial charge in [-0.3, -0.25) is 0 Å². The normalized spacial score (nSPS) is 28.4. The predicted octanol–water partition coefficient (Wildman–Crippen LogP) is 2.83. The highest BCUT2D eigenvalue weighted by Gasteiger charge is 2.45. The van der Waals surface area contributed by atoms with Crippen LogP contribution in [0.1, 0.15) is 50.1 Å². The topological polar surface area (TPSA) is 53.6 Å². The van der Waals surface area contributed by atoms with Crippen molar-refractivity contribution in [3.8, 4) is 5.75 Å². The third-order valence-electron chi connectivity index (χ3n) is 5.73. The maximum absolute atomic E-state index is 12.5. The SMILES string of the molecule is CN1CCCC(NC(=O)NC2CC3(CCC3)Oc3ccccc32)C1. The molecule has 5 nitrogen and oxygen atoms in total. The molecule has 2 aliphatic heterocycles. The number of carbonyl (C=O) groups excluding carboxylic acids is 1. The van der Waals surface area contributed by atoms with Gasteiger partial charge in [-0.05, 0) is 51.8 Å². The lowest BCUT2D eigenvalue weighted by Crippen LogP contribution is -2.53. The molecule has 0 radical (unpaired) electrons. The van der Waals surface area contributed by atoms with Crippen LogP contribution in [0.15, 0.2) is 24.3 Å². The van der Waals surface area contributed by atoms with Gasteiger partial charge >= 0.3 is 6.03 Å². The number of hydrogen-bond acceptors (Lipinski definition) is 3. The summed E-state index contributed by atoms with van der Waals surface area (Å²) >= 11 is 0. The number of para-hydroxylation sites is 1. The lowest BCUT2D eigenvalue weighted by Gasteiger charge is -2.48. The molecule has 2 atom stereocenters. The molecule has 1 spiro atoms. The molecule has 2 unspecified atom stereocenters. The lowest BCUT2D eigenvalue weighted by atomic mass is 9.73. The van der Waals surface area contributed by atoms with E-state index in [2.05, 4.69) is 28.6 Å². The van der Waals surface area contributed by atoms with Crippen molar-refractivity contribution < 1.29 is 9.53 Å². The number of urea groups is 1. The first-order chi connectivity index (χ1) is 11.6. The average Bonchev–Trinajstić information content (AvgIpc) is 2.53. The third-order valence-corrected chi connectivity index (χ3v) is 5.73. The molecule has 3 aliphatic rings. The maximum Gasteiger partial charge on any atom is 0.315 e. The number of amides is 2. The zero-order valence-electron chi connectivity index (χ0n) is 14.4. The van der Waals surface area contributed by atoms with E-state index in [1.165, 1.54) is 6.42 Å². The summed E-state index contributed by atoms with van der Waals surface area (Å²) < 4.78 is 6.25. The van der Waals surface area contributed by atoms with Crippen molar-refractivity contribution in [1.82, 2.24) is 15.5 Å². The molecule has 24 heavy (non-hydrogen) atoms. The molecule has 1 aromatic rings. The van der Waals surface area contributed by atoms with Crippen LogP contribution in [0.2, 0.25) is 0 Å². The number of nitrogens with one attached hydrogen (secondary N) is 2. The van der Waals surface area contributed by atoms with Gasteiger partial charge in [-0.25, -0.2) is 4.79 Å². The number of likely N-dealkylation sites (tertiary alicyclic amines) is 1. The van der Waals surface area contributed by atoms with Gasteiger partial charge in [0.15, 0.2) is 0 Å². The van der Waals surface area contributed by atoms with E-state index in [1.54, 1.807) is 0 Å². The fourth-order valence-corrected chi connectivity index (χ4v) is 4.29. The number of benzene rings is 1. The standard InChI is InChI=1S/C19H27N3O2/c1-22-11-4-6-14(13-22)20-18(23)21-16-12-19(9-5-10-19)24-17-8-3-2-7-15(16)17/h2-3,7-8,14,16H,4-6,9-13H2,1H3,(H2,20,21,23). The molecule has 2 amide bonds. The van der Waals surface area contributed by atoms with Gasteiger partial charge in [0.2, 0.25) is 0 Å². The zero-order chi connectivity index (χ0) is 16.6. The second kappa shape index (κ2) is 6.28. The van der Waals surface area contributed by atoms with Gasteiger partial charge in [0.25, 0.3) is 0 Å². The molecule has 1 aliphatic carbocycles. The van der Waals surface area contributed by atoms with Crippen molar-refractivity contribution in [3.05, 3.63) is 29.8 Å². The van der Waals surface area contributed by atoms with Gasteiger partial charge in [0, 0.05) is 24.6 Å². The van der Waals surface area contributed by atoms with Gasteiger partial charge in [-0.15, -0.1) is 0 Å². The third kappa shape index (κ3) is 3.09. The summed E-state index contributed by atoms with van der Waals surface area (Å²) in [6, 6.07) is 8.35. The monoisotopic (exact) mass is 329 g/mol. The van der Waals surface area contributed by atoms with Gasteiger partial charge in [0.1, 0.15) is 11.4 Å². The minimum Gasteiger partial charge on any atom is -0.487 e. The van der Waals surface area contributed by atoms with E-state index >= 15 is 0 Å². The van der Waals surface area contributed by atoms with Crippen molar-refractivity contribution in [2.75, 3.05) is 20.1 Å². The van der Waals surface area contributed by atoms with E-state index in [4.69, 9.17) is 4.74 Å². The summed E-state index contributed by atoms with van der Waals surface area (Å²) in [5.74, 6) is 0.936. The Morgan fingerprint density at radius 3 is 2.83 bits per heavy atom. The molecule has 130 valence electrons. The van der Waals surface area contributed by atoms with E-state index < -0.39 is 0 Å². The summed E-state index contributed by atoms with van der Waals surface area (Å²) in [6.07, 6.45) is 6.48. The van der Waals surface area contributed by atoms with Crippen LogP contribution in [0, 0.1) is 0 Å². The smallest absolute Gasteiger partial charge is 0.315 e. The van der Waals surface area contributed by atoms with Crippen LogP contribution in [0.5, 0.6) is 5.75 Å². The Labute approximate surface area is 143 Å². The summed E-state index contributed by atoms with van der Waals surface area (Å²) in [5, 5.41) is 6.37. The summed E-state index contributed by atoms with van der Waals surface area (Å²) in [5.41, 5.74) is 1.04. The zero-order valence-corrected chi connectivity index (χ0v) is 14.4. The second-order valence-electron chi connectivity index (χ2n) is 7.65. The summed E-state index contributed by atoms with van der Waals surface area (Å²) in [7, 11) is 2.11. The minimum atomic E-state index is -0.0582. The molecule has 0 aromatic heterocycles. The van der Waals surface area contributed by atoms with E-state index in [-0.39, 0.29) is 23.7 Å². The van der Waals surface area contributed by atoms with Gasteiger partial charge in [-0.1, -0.05) is 18.2 Å². The first-order valence-electron chi connectivity index (χ1n) is 9.17. The largest absolute Gasteiger partial charge is 0.487 e. The van der Waals surface area contributed by atoms with Crippen LogP contribution in [0.4, 0.5) is 4.79 Å². The van der Waals surface area contributed by atoms with Crippen molar-refractivity contribution in [2.24, 2.45) is 0 Å². The number of hydrogen-bond donors (Lipinski definition) is 2. The van der Waals surface area contributed by atoms with Crippen molar-refractivity contribution in [1.29, 1.82) is 0 Å². The number of carbonyl (C=O) groups is 1. The number of ether oxygens (including phenoxy) is 1. The number of likely N-dealkylation sites (N-methyl/N-ethyl adjacent to an activating group) is 1. The van der Waals surface area contributed by atoms with E-state index in [0.717, 1.165) is 56.5 Å². The Hall–Kier alpha value is -1.75. The van der Waals surface area contributed by atoms with E-state index in [9.17, 15) is 4.79 Å².